The van der Waals surface area contributed by atoms with Gasteiger partial charge < -0.3 is 10.1 Å². The van der Waals surface area contributed by atoms with Crippen LogP contribution in [0.3, 0.4) is 0 Å². The van der Waals surface area contributed by atoms with Gasteiger partial charge in [0.2, 0.25) is 0 Å². The summed E-state index contributed by atoms with van der Waals surface area (Å²) in [6.07, 6.45) is 0.470. The second-order valence-electron chi connectivity index (χ2n) is 3.30. The zero-order chi connectivity index (χ0) is 11.7. The molecule has 2 rings (SSSR count). The van der Waals surface area contributed by atoms with Gasteiger partial charge in [-0.25, -0.2) is 9.59 Å². The van der Waals surface area contributed by atoms with Crippen LogP contribution in [0.25, 0.3) is 0 Å². The number of aromatic amines is 1. The molecule has 1 amide bonds. The first-order valence-corrected chi connectivity index (χ1v) is 5.29. The van der Waals surface area contributed by atoms with Crippen molar-refractivity contribution in [2.45, 2.75) is 12.6 Å². The lowest BCUT2D eigenvalue weighted by Crippen LogP contribution is -2.34. The lowest BCUT2D eigenvalue weighted by Gasteiger charge is -2.09. The Kier molecular flexibility index (Phi) is 2.82. The molecule has 8 heteroatoms. The lowest BCUT2D eigenvalue weighted by atomic mass is 10.3. The maximum atomic E-state index is 11.4. The number of amides is 1. The van der Waals surface area contributed by atoms with Gasteiger partial charge in [-0.15, -0.1) is 0 Å². The molecule has 1 unspecified atom stereocenters. The first-order valence-electron chi connectivity index (χ1n) is 4.50. The molecule has 0 spiro atoms. The van der Waals surface area contributed by atoms with E-state index in [0.717, 1.165) is 0 Å². The Labute approximate surface area is 97.6 Å². The van der Waals surface area contributed by atoms with Gasteiger partial charge >= 0.3 is 11.8 Å². The van der Waals surface area contributed by atoms with Crippen LogP contribution in [0.15, 0.2) is 20.3 Å². The molecule has 1 aromatic heterocycles. The highest BCUT2D eigenvalue weighted by Gasteiger charge is 2.23. The number of alkyl carbamates (subject to hydrolysis) is 1. The average Bonchev–Trinajstić information content (AvgIpc) is 2.60. The molecule has 0 saturated carbocycles. The Balaban J connectivity index is 2.22. The van der Waals surface area contributed by atoms with Gasteiger partial charge in [0.1, 0.15) is 6.10 Å². The van der Waals surface area contributed by atoms with Crippen molar-refractivity contribution >= 4 is 22.0 Å². The van der Waals surface area contributed by atoms with E-state index in [9.17, 15) is 14.4 Å². The number of halogens is 1. The molecule has 1 fully saturated rings. The van der Waals surface area contributed by atoms with E-state index in [0.29, 0.717) is 6.54 Å². The maximum Gasteiger partial charge on any atom is 0.407 e. The number of hydrogen-bond donors (Lipinski definition) is 2. The predicted molar refractivity (Wildman–Crippen MR) is 57.3 cm³/mol. The van der Waals surface area contributed by atoms with Crippen LogP contribution >= 0.6 is 15.9 Å². The number of hydrogen-bond acceptors (Lipinski definition) is 4. The highest BCUT2D eigenvalue weighted by molar-refractivity contribution is 9.10. The molecule has 0 bridgehead atoms. The summed E-state index contributed by atoms with van der Waals surface area (Å²) in [4.78, 5) is 35.4. The first-order chi connectivity index (χ1) is 7.56. The molecule has 7 nitrogen and oxygen atoms in total. The smallest absolute Gasteiger partial charge is 0.407 e. The molecule has 1 atom stereocenters. The van der Waals surface area contributed by atoms with Gasteiger partial charge in [-0.1, -0.05) is 0 Å². The van der Waals surface area contributed by atoms with Crippen molar-refractivity contribution in [3.05, 3.63) is 31.5 Å². The van der Waals surface area contributed by atoms with E-state index in [4.69, 9.17) is 4.74 Å². The van der Waals surface area contributed by atoms with Crippen molar-refractivity contribution in [3.63, 3.8) is 0 Å². The van der Waals surface area contributed by atoms with E-state index < -0.39 is 23.4 Å². The van der Waals surface area contributed by atoms with Crippen LogP contribution < -0.4 is 16.6 Å². The topological polar surface area (TPSA) is 93.2 Å². The van der Waals surface area contributed by atoms with Crippen molar-refractivity contribution in [2.75, 3.05) is 6.54 Å². The largest absolute Gasteiger partial charge is 0.442 e. The van der Waals surface area contributed by atoms with Crippen LogP contribution in [0.4, 0.5) is 4.79 Å². The summed E-state index contributed by atoms with van der Waals surface area (Å²) in [6.45, 7) is 0.551. The molecule has 1 aliphatic rings. The van der Waals surface area contributed by atoms with E-state index in [2.05, 4.69) is 26.2 Å². The summed E-state index contributed by atoms with van der Waals surface area (Å²) in [5.74, 6) is 0. The highest BCUT2D eigenvalue weighted by Crippen LogP contribution is 2.04. The fraction of sp³-hybridized carbons (Fsp3) is 0.375. The standard InChI is InChI=1S/C8H8BrN3O4/c9-5-3-12(7(14)11-6(5)13)2-4-1-10-8(15)16-4/h3-4H,1-2H2,(H,10,15)(H,11,13,14). The molecule has 1 saturated heterocycles. The van der Waals surface area contributed by atoms with Crippen molar-refractivity contribution in [2.24, 2.45) is 0 Å². The second kappa shape index (κ2) is 4.12. The Morgan fingerprint density at radius 3 is 2.88 bits per heavy atom. The Morgan fingerprint density at radius 2 is 2.25 bits per heavy atom. The van der Waals surface area contributed by atoms with Crippen molar-refractivity contribution < 1.29 is 9.53 Å². The zero-order valence-corrected chi connectivity index (χ0v) is 9.61. The molecule has 1 aliphatic heterocycles. The average molecular weight is 290 g/mol. The number of aromatic nitrogens is 2. The van der Waals surface area contributed by atoms with Crippen molar-refractivity contribution in [1.29, 1.82) is 0 Å². The minimum absolute atomic E-state index is 0.201. The van der Waals surface area contributed by atoms with Gasteiger partial charge in [-0.2, -0.15) is 0 Å². The minimum atomic E-state index is -0.531. The predicted octanol–water partition coefficient (Wildman–Crippen LogP) is -0.593. The maximum absolute atomic E-state index is 11.4. The third-order valence-electron chi connectivity index (χ3n) is 2.12. The Bertz CT molecular complexity index is 535. The third kappa shape index (κ3) is 2.16. The summed E-state index contributed by atoms with van der Waals surface area (Å²) < 4.78 is 6.40. The van der Waals surface area contributed by atoms with Crippen LogP contribution in [0.1, 0.15) is 0 Å². The number of cyclic esters (lactones) is 1. The molecule has 16 heavy (non-hydrogen) atoms. The number of carbonyl (C=O) groups excluding carboxylic acids is 1. The van der Waals surface area contributed by atoms with Crippen LogP contribution in [0, 0.1) is 0 Å². The normalized spacial score (nSPS) is 19.3. The van der Waals surface area contributed by atoms with E-state index in [1.807, 2.05) is 0 Å². The monoisotopic (exact) mass is 289 g/mol. The number of H-pyrrole nitrogens is 1. The van der Waals surface area contributed by atoms with Crippen LogP contribution in [0.2, 0.25) is 0 Å². The summed E-state index contributed by atoms with van der Waals surface area (Å²) in [7, 11) is 0. The molecule has 0 aromatic carbocycles. The van der Waals surface area contributed by atoms with Gasteiger partial charge in [-0.3, -0.25) is 14.3 Å². The number of nitrogens with one attached hydrogen (secondary N) is 2. The Morgan fingerprint density at radius 1 is 1.50 bits per heavy atom. The van der Waals surface area contributed by atoms with E-state index in [-0.39, 0.29) is 11.0 Å². The zero-order valence-electron chi connectivity index (χ0n) is 8.03. The van der Waals surface area contributed by atoms with Crippen LogP contribution in [-0.4, -0.2) is 28.3 Å². The SMILES string of the molecule is O=C1NCC(Cn2cc(Br)c(=O)[nH]c2=O)O1. The van der Waals surface area contributed by atoms with Gasteiger partial charge in [-0.05, 0) is 15.9 Å². The molecule has 2 N–H and O–H groups in total. The Hall–Kier alpha value is -1.57. The fourth-order valence-electron chi connectivity index (χ4n) is 1.37. The number of carbonyl (C=O) groups is 1. The summed E-state index contributed by atoms with van der Waals surface area (Å²) in [5, 5.41) is 2.48. The van der Waals surface area contributed by atoms with Crippen molar-refractivity contribution in [3.8, 4) is 0 Å². The first kappa shape index (κ1) is 10.9. The number of ether oxygens (including phenoxy) is 1. The molecule has 2 heterocycles. The van der Waals surface area contributed by atoms with Gasteiger partial charge in [0.15, 0.2) is 0 Å². The second-order valence-corrected chi connectivity index (χ2v) is 4.15. The summed E-state index contributed by atoms with van der Waals surface area (Å²) in [5.41, 5.74) is -1.01. The van der Waals surface area contributed by atoms with Gasteiger partial charge in [0.05, 0.1) is 17.6 Å². The van der Waals surface area contributed by atoms with E-state index in [1.54, 1.807) is 0 Å². The van der Waals surface area contributed by atoms with E-state index >= 15 is 0 Å². The van der Waals surface area contributed by atoms with Crippen LogP contribution in [0.5, 0.6) is 0 Å². The van der Waals surface area contributed by atoms with Gasteiger partial charge in [0.25, 0.3) is 5.56 Å². The summed E-state index contributed by atoms with van der Waals surface area (Å²) in [6, 6.07) is 0. The third-order valence-corrected chi connectivity index (χ3v) is 2.68. The quantitative estimate of drug-likeness (QED) is 0.761. The van der Waals surface area contributed by atoms with E-state index in [1.165, 1.54) is 10.8 Å². The minimum Gasteiger partial charge on any atom is -0.442 e. The van der Waals surface area contributed by atoms with Crippen LogP contribution in [-0.2, 0) is 11.3 Å². The molecule has 0 aliphatic carbocycles. The molecular formula is C8H8BrN3O4. The van der Waals surface area contributed by atoms with Crippen molar-refractivity contribution in [1.82, 2.24) is 14.9 Å². The molecule has 86 valence electrons. The molecule has 1 aromatic rings. The fourth-order valence-corrected chi connectivity index (χ4v) is 1.72. The van der Waals surface area contributed by atoms with Gasteiger partial charge in [0, 0.05) is 6.20 Å². The number of nitrogens with zero attached hydrogens (tertiary/aromatic N) is 1. The molecular weight excluding hydrogens is 282 g/mol. The highest BCUT2D eigenvalue weighted by atomic mass is 79.9. The lowest BCUT2D eigenvalue weighted by molar-refractivity contribution is 0.130. The number of rotatable bonds is 2. The summed E-state index contributed by atoms with van der Waals surface area (Å²) >= 11 is 3.01. The molecule has 0 radical (unpaired) electrons.